The summed E-state index contributed by atoms with van der Waals surface area (Å²) in [4.78, 5) is 3.87. The lowest BCUT2D eigenvalue weighted by atomic mass is 10.1. The maximum Gasteiger partial charge on any atom is 0.139 e. The molecule has 2 rings (SSSR count). The molecule has 0 radical (unpaired) electrons. The summed E-state index contributed by atoms with van der Waals surface area (Å²) in [6, 6.07) is 4.62. The van der Waals surface area contributed by atoms with Gasteiger partial charge in [0, 0.05) is 11.6 Å². The van der Waals surface area contributed by atoms with Crippen LogP contribution in [0.1, 0.15) is 5.56 Å². The Bertz CT molecular complexity index is 541. The molecule has 0 aliphatic heterocycles. The average Bonchev–Trinajstić information content (AvgIpc) is 2.18. The van der Waals surface area contributed by atoms with Crippen molar-refractivity contribution >= 4 is 16.6 Å². The third kappa shape index (κ3) is 1.17. The summed E-state index contributed by atoms with van der Waals surface area (Å²) in [6.45, 7) is 0. The van der Waals surface area contributed by atoms with E-state index in [-0.39, 0.29) is 5.56 Å². The van der Waals surface area contributed by atoms with Crippen molar-refractivity contribution in [3.8, 4) is 12.3 Å². The number of terminal acetylenes is 1. The fraction of sp³-hybridized carbons (Fsp3) is 0. The number of rotatable bonds is 0. The number of nitrogen functional groups attached to an aromatic ring is 1. The zero-order chi connectivity index (χ0) is 10.1. The topological polar surface area (TPSA) is 38.9 Å². The Hall–Kier alpha value is -2.08. The summed E-state index contributed by atoms with van der Waals surface area (Å²) in [5.41, 5.74) is 5.73. The van der Waals surface area contributed by atoms with Gasteiger partial charge in [0.05, 0.1) is 5.56 Å². The zero-order valence-electron chi connectivity index (χ0n) is 7.29. The molecule has 1 aromatic carbocycles. The van der Waals surface area contributed by atoms with Crippen molar-refractivity contribution in [3.63, 3.8) is 0 Å². The van der Waals surface area contributed by atoms with Gasteiger partial charge in [-0.3, -0.25) is 0 Å². The molecule has 0 spiro atoms. The van der Waals surface area contributed by atoms with Crippen molar-refractivity contribution in [1.29, 1.82) is 0 Å². The number of nitrogens with two attached hydrogens (primary N) is 1. The molecule has 2 N–H and O–H groups in total. The maximum absolute atomic E-state index is 13.2. The van der Waals surface area contributed by atoms with E-state index in [2.05, 4.69) is 10.9 Å². The number of benzene rings is 1. The summed E-state index contributed by atoms with van der Waals surface area (Å²) in [6.07, 6.45) is 6.69. The van der Waals surface area contributed by atoms with E-state index in [0.29, 0.717) is 11.2 Å². The second kappa shape index (κ2) is 3.00. The van der Waals surface area contributed by atoms with Crippen LogP contribution in [-0.2, 0) is 0 Å². The second-order valence-corrected chi connectivity index (χ2v) is 2.90. The van der Waals surface area contributed by atoms with Crippen molar-refractivity contribution in [2.45, 2.75) is 0 Å². The first-order valence-corrected chi connectivity index (χ1v) is 4.02. The standard InChI is InChI=1S/C11H7FN2/c1-2-8-9-6-14-11(13)5-7(9)3-4-10(8)12/h1,3-6H,(H2,13,14). The van der Waals surface area contributed by atoms with Crippen LogP contribution in [0, 0.1) is 18.2 Å². The van der Waals surface area contributed by atoms with Crippen molar-refractivity contribution in [2.75, 3.05) is 5.73 Å². The van der Waals surface area contributed by atoms with Crippen LogP contribution < -0.4 is 5.73 Å². The van der Waals surface area contributed by atoms with Crippen molar-refractivity contribution < 1.29 is 4.39 Å². The molecule has 68 valence electrons. The quantitative estimate of drug-likeness (QED) is 0.638. The third-order valence-electron chi connectivity index (χ3n) is 2.02. The number of anilines is 1. The largest absolute Gasteiger partial charge is 0.384 e. The highest BCUT2D eigenvalue weighted by atomic mass is 19.1. The SMILES string of the molecule is C#Cc1c(F)ccc2cc(N)ncc12. The van der Waals surface area contributed by atoms with Crippen LogP contribution in [0.3, 0.4) is 0 Å². The van der Waals surface area contributed by atoms with Crippen LogP contribution in [-0.4, -0.2) is 4.98 Å². The van der Waals surface area contributed by atoms with Gasteiger partial charge in [-0.05, 0) is 17.5 Å². The molecule has 0 bridgehead atoms. The van der Waals surface area contributed by atoms with E-state index in [1.807, 2.05) is 0 Å². The van der Waals surface area contributed by atoms with E-state index in [1.54, 1.807) is 12.1 Å². The molecule has 3 heteroatoms. The molecule has 0 aliphatic rings. The number of fused-ring (bicyclic) bond motifs is 1. The van der Waals surface area contributed by atoms with Gasteiger partial charge in [0.25, 0.3) is 0 Å². The van der Waals surface area contributed by atoms with Gasteiger partial charge in [0.15, 0.2) is 0 Å². The first-order valence-electron chi connectivity index (χ1n) is 4.02. The lowest BCUT2D eigenvalue weighted by Gasteiger charge is -2.02. The molecule has 0 unspecified atom stereocenters. The van der Waals surface area contributed by atoms with Crippen molar-refractivity contribution in [3.05, 3.63) is 35.8 Å². The van der Waals surface area contributed by atoms with E-state index in [9.17, 15) is 4.39 Å². The van der Waals surface area contributed by atoms with E-state index in [0.717, 1.165) is 5.39 Å². The molecule has 0 amide bonds. The highest BCUT2D eigenvalue weighted by Gasteiger charge is 2.05. The van der Waals surface area contributed by atoms with Crippen LogP contribution in [0.25, 0.3) is 10.8 Å². The van der Waals surface area contributed by atoms with Crippen LogP contribution in [0.5, 0.6) is 0 Å². The number of aromatic nitrogens is 1. The number of hydrogen-bond donors (Lipinski definition) is 1. The number of halogens is 1. The molecular formula is C11H7FN2. The molecule has 0 atom stereocenters. The fourth-order valence-corrected chi connectivity index (χ4v) is 1.36. The van der Waals surface area contributed by atoms with Gasteiger partial charge in [0.1, 0.15) is 11.6 Å². The third-order valence-corrected chi connectivity index (χ3v) is 2.02. The number of nitrogens with zero attached hydrogens (tertiary/aromatic N) is 1. The maximum atomic E-state index is 13.2. The molecule has 1 heterocycles. The molecule has 0 aliphatic carbocycles. The van der Waals surface area contributed by atoms with Crippen molar-refractivity contribution in [1.82, 2.24) is 4.98 Å². The van der Waals surface area contributed by atoms with Gasteiger partial charge in [0.2, 0.25) is 0 Å². The highest BCUT2D eigenvalue weighted by molar-refractivity contribution is 5.89. The second-order valence-electron chi connectivity index (χ2n) is 2.90. The summed E-state index contributed by atoms with van der Waals surface area (Å²) >= 11 is 0. The van der Waals surface area contributed by atoms with Crippen LogP contribution in [0.2, 0.25) is 0 Å². The Labute approximate surface area is 80.6 Å². The van der Waals surface area contributed by atoms with E-state index >= 15 is 0 Å². The Kier molecular flexibility index (Phi) is 1.83. The van der Waals surface area contributed by atoms with Crippen molar-refractivity contribution in [2.24, 2.45) is 0 Å². The minimum atomic E-state index is -0.411. The molecule has 1 aromatic heterocycles. The smallest absolute Gasteiger partial charge is 0.139 e. The minimum Gasteiger partial charge on any atom is -0.384 e. The summed E-state index contributed by atoms with van der Waals surface area (Å²) in [5, 5.41) is 1.41. The van der Waals surface area contributed by atoms with E-state index < -0.39 is 5.82 Å². The van der Waals surface area contributed by atoms with Gasteiger partial charge >= 0.3 is 0 Å². The highest BCUT2D eigenvalue weighted by Crippen LogP contribution is 2.21. The predicted molar refractivity (Wildman–Crippen MR) is 54.0 cm³/mol. The number of pyridine rings is 1. The summed E-state index contributed by atoms with van der Waals surface area (Å²) < 4.78 is 13.2. The summed E-state index contributed by atoms with van der Waals surface area (Å²) in [7, 11) is 0. The van der Waals surface area contributed by atoms with Crippen LogP contribution in [0.4, 0.5) is 10.2 Å². The molecule has 2 aromatic rings. The Morgan fingerprint density at radius 3 is 2.93 bits per heavy atom. The monoisotopic (exact) mass is 186 g/mol. The minimum absolute atomic E-state index is 0.231. The first kappa shape index (κ1) is 8.52. The molecular weight excluding hydrogens is 179 g/mol. The lowest BCUT2D eigenvalue weighted by Crippen LogP contribution is -1.92. The normalized spacial score (nSPS) is 10.0. The van der Waals surface area contributed by atoms with Crippen LogP contribution >= 0.6 is 0 Å². The zero-order valence-corrected chi connectivity index (χ0v) is 7.29. The van der Waals surface area contributed by atoms with Gasteiger partial charge in [-0.1, -0.05) is 12.0 Å². The number of hydrogen-bond acceptors (Lipinski definition) is 2. The molecule has 2 nitrogen and oxygen atoms in total. The lowest BCUT2D eigenvalue weighted by molar-refractivity contribution is 0.626. The molecule has 0 fully saturated rings. The predicted octanol–water partition coefficient (Wildman–Crippen LogP) is 1.94. The molecule has 0 saturated heterocycles. The fourth-order valence-electron chi connectivity index (χ4n) is 1.36. The molecule has 0 saturated carbocycles. The first-order chi connectivity index (χ1) is 6.72. The van der Waals surface area contributed by atoms with Gasteiger partial charge in [-0.2, -0.15) is 0 Å². The molecule has 14 heavy (non-hydrogen) atoms. The van der Waals surface area contributed by atoms with E-state index in [1.165, 1.54) is 12.3 Å². The van der Waals surface area contributed by atoms with Gasteiger partial charge in [-0.25, -0.2) is 9.37 Å². The van der Waals surface area contributed by atoms with E-state index in [4.69, 9.17) is 12.2 Å². The Morgan fingerprint density at radius 2 is 2.21 bits per heavy atom. The Morgan fingerprint density at radius 1 is 1.43 bits per heavy atom. The van der Waals surface area contributed by atoms with Gasteiger partial charge in [-0.15, -0.1) is 6.42 Å². The Balaban J connectivity index is 2.90. The van der Waals surface area contributed by atoms with Crippen LogP contribution in [0.15, 0.2) is 24.4 Å². The average molecular weight is 186 g/mol. The summed E-state index contributed by atoms with van der Waals surface area (Å²) in [5.74, 6) is 2.29. The van der Waals surface area contributed by atoms with Gasteiger partial charge < -0.3 is 5.73 Å².